The van der Waals surface area contributed by atoms with Crippen LogP contribution in [0.25, 0.3) is 0 Å². The van der Waals surface area contributed by atoms with Crippen molar-refractivity contribution in [2.75, 3.05) is 13.2 Å². The molecule has 3 heteroatoms. The fourth-order valence-electron chi connectivity index (χ4n) is 2.11. The molecule has 0 aromatic rings. The van der Waals surface area contributed by atoms with Gasteiger partial charge < -0.3 is 10.4 Å². The number of aliphatic hydroxyl groups excluding tert-OH is 1. The molecule has 3 nitrogen and oxygen atoms in total. The molecule has 0 radical (unpaired) electrons. The molecule has 1 amide bonds. The van der Waals surface area contributed by atoms with Crippen LogP contribution in [0.5, 0.6) is 0 Å². The van der Waals surface area contributed by atoms with Gasteiger partial charge >= 0.3 is 0 Å². The third-order valence-electron chi connectivity index (χ3n) is 3.26. The van der Waals surface area contributed by atoms with E-state index >= 15 is 0 Å². The lowest BCUT2D eigenvalue weighted by molar-refractivity contribution is -0.128. The van der Waals surface area contributed by atoms with Crippen LogP contribution in [0, 0.1) is 17.3 Å². The van der Waals surface area contributed by atoms with Gasteiger partial charge in [0.05, 0.1) is 0 Å². The minimum Gasteiger partial charge on any atom is -0.396 e. The first-order chi connectivity index (χ1) is 6.95. The van der Waals surface area contributed by atoms with Crippen molar-refractivity contribution in [1.82, 2.24) is 5.32 Å². The summed E-state index contributed by atoms with van der Waals surface area (Å²) in [7, 11) is 0. The smallest absolute Gasteiger partial charge is 0.225 e. The molecular formula is C12H23NO2. The molecule has 0 heterocycles. The Morgan fingerprint density at radius 3 is 2.47 bits per heavy atom. The van der Waals surface area contributed by atoms with E-state index in [2.05, 4.69) is 5.32 Å². The Bertz CT molecular complexity index is 220. The van der Waals surface area contributed by atoms with E-state index in [0.29, 0.717) is 11.8 Å². The molecule has 1 saturated carbocycles. The van der Waals surface area contributed by atoms with Crippen molar-refractivity contribution in [3.8, 4) is 0 Å². The lowest BCUT2D eigenvalue weighted by Gasteiger charge is -2.22. The van der Waals surface area contributed by atoms with Crippen molar-refractivity contribution in [2.24, 2.45) is 17.3 Å². The molecule has 0 saturated heterocycles. The van der Waals surface area contributed by atoms with Crippen molar-refractivity contribution in [3.63, 3.8) is 0 Å². The van der Waals surface area contributed by atoms with Crippen molar-refractivity contribution >= 4 is 5.91 Å². The van der Waals surface area contributed by atoms with Crippen molar-refractivity contribution in [2.45, 2.75) is 40.0 Å². The standard InChI is InChI=1S/C12H23NO2/c1-12(2,3)11(15)13-7-9-5-4-6-10(9)8-14/h9-10,14H,4-8H2,1-3H3,(H,13,15). The van der Waals surface area contributed by atoms with E-state index in [0.717, 1.165) is 19.4 Å². The summed E-state index contributed by atoms with van der Waals surface area (Å²) in [4.78, 5) is 11.6. The maximum atomic E-state index is 11.6. The van der Waals surface area contributed by atoms with Crippen LogP contribution >= 0.6 is 0 Å². The van der Waals surface area contributed by atoms with Crippen LogP contribution in [0.2, 0.25) is 0 Å². The topological polar surface area (TPSA) is 49.3 Å². The maximum Gasteiger partial charge on any atom is 0.225 e. The van der Waals surface area contributed by atoms with E-state index < -0.39 is 0 Å². The fraction of sp³-hybridized carbons (Fsp3) is 0.917. The number of rotatable bonds is 3. The number of nitrogens with one attached hydrogen (secondary N) is 1. The highest BCUT2D eigenvalue weighted by molar-refractivity contribution is 5.81. The molecule has 15 heavy (non-hydrogen) atoms. The van der Waals surface area contributed by atoms with E-state index in [4.69, 9.17) is 5.11 Å². The van der Waals surface area contributed by atoms with Gasteiger partial charge in [0.15, 0.2) is 0 Å². The van der Waals surface area contributed by atoms with Crippen molar-refractivity contribution in [3.05, 3.63) is 0 Å². The summed E-state index contributed by atoms with van der Waals surface area (Å²) in [6.45, 7) is 6.74. The molecule has 0 aliphatic heterocycles. The first-order valence-electron chi connectivity index (χ1n) is 5.84. The number of hydrogen-bond acceptors (Lipinski definition) is 2. The third kappa shape index (κ3) is 3.49. The number of aliphatic hydroxyl groups is 1. The van der Waals surface area contributed by atoms with Crippen LogP contribution in [-0.2, 0) is 4.79 Å². The summed E-state index contributed by atoms with van der Waals surface area (Å²) in [6.07, 6.45) is 3.42. The molecule has 1 aliphatic rings. The molecule has 2 unspecified atom stereocenters. The van der Waals surface area contributed by atoms with Gasteiger partial charge in [-0.15, -0.1) is 0 Å². The summed E-state index contributed by atoms with van der Waals surface area (Å²) < 4.78 is 0. The molecule has 2 N–H and O–H groups in total. The van der Waals surface area contributed by atoms with Gasteiger partial charge in [0.25, 0.3) is 0 Å². The third-order valence-corrected chi connectivity index (χ3v) is 3.26. The summed E-state index contributed by atoms with van der Waals surface area (Å²) in [5.74, 6) is 0.970. The Labute approximate surface area is 92.3 Å². The second-order valence-corrected chi connectivity index (χ2v) is 5.59. The Hall–Kier alpha value is -0.570. The first kappa shape index (κ1) is 12.5. The number of carbonyl (C=O) groups excluding carboxylic acids is 1. The van der Waals surface area contributed by atoms with Gasteiger partial charge in [-0.05, 0) is 24.7 Å². The van der Waals surface area contributed by atoms with Crippen LogP contribution in [0.4, 0.5) is 0 Å². The van der Waals surface area contributed by atoms with Gasteiger partial charge in [0, 0.05) is 18.6 Å². The highest BCUT2D eigenvalue weighted by Crippen LogP contribution is 2.30. The maximum absolute atomic E-state index is 11.6. The van der Waals surface area contributed by atoms with E-state index in [1.54, 1.807) is 0 Å². The van der Waals surface area contributed by atoms with Gasteiger partial charge in [0.1, 0.15) is 0 Å². The zero-order chi connectivity index (χ0) is 11.5. The first-order valence-corrected chi connectivity index (χ1v) is 5.84. The number of hydrogen-bond donors (Lipinski definition) is 2. The number of amides is 1. The van der Waals surface area contributed by atoms with Crippen LogP contribution < -0.4 is 5.32 Å². The zero-order valence-electron chi connectivity index (χ0n) is 10.0. The minimum atomic E-state index is -0.312. The van der Waals surface area contributed by atoms with Gasteiger partial charge in [-0.25, -0.2) is 0 Å². The van der Waals surface area contributed by atoms with Crippen LogP contribution in [0.3, 0.4) is 0 Å². The highest BCUT2D eigenvalue weighted by atomic mass is 16.3. The van der Waals surface area contributed by atoms with Gasteiger partial charge in [0.2, 0.25) is 5.91 Å². The number of carbonyl (C=O) groups is 1. The summed E-state index contributed by atoms with van der Waals surface area (Å²) in [5.41, 5.74) is -0.312. The van der Waals surface area contributed by atoms with Crippen LogP contribution in [0.15, 0.2) is 0 Å². The Balaban J connectivity index is 2.34. The quantitative estimate of drug-likeness (QED) is 0.747. The van der Waals surface area contributed by atoms with Gasteiger partial charge in [-0.1, -0.05) is 27.2 Å². The predicted molar refractivity (Wildman–Crippen MR) is 60.4 cm³/mol. The van der Waals surface area contributed by atoms with Crippen LogP contribution in [0.1, 0.15) is 40.0 Å². The molecule has 0 bridgehead atoms. The molecule has 0 aromatic heterocycles. The molecule has 1 fully saturated rings. The molecule has 2 atom stereocenters. The second-order valence-electron chi connectivity index (χ2n) is 5.59. The van der Waals surface area contributed by atoms with Crippen LogP contribution in [-0.4, -0.2) is 24.2 Å². The lowest BCUT2D eigenvalue weighted by atomic mass is 9.93. The van der Waals surface area contributed by atoms with E-state index in [1.807, 2.05) is 20.8 Å². The summed E-state index contributed by atoms with van der Waals surface area (Å²) in [6, 6.07) is 0. The lowest BCUT2D eigenvalue weighted by Crippen LogP contribution is -2.38. The Kier molecular flexibility index (Phi) is 4.14. The largest absolute Gasteiger partial charge is 0.396 e. The average Bonchev–Trinajstić information content (AvgIpc) is 2.59. The Morgan fingerprint density at radius 2 is 1.93 bits per heavy atom. The Morgan fingerprint density at radius 1 is 1.33 bits per heavy atom. The normalized spacial score (nSPS) is 26.7. The predicted octanol–water partition coefficient (Wildman–Crippen LogP) is 1.56. The fourth-order valence-corrected chi connectivity index (χ4v) is 2.11. The van der Waals surface area contributed by atoms with Crippen molar-refractivity contribution in [1.29, 1.82) is 0 Å². The molecular weight excluding hydrogens is 190 g/mol. The van der Waals surface area contributed by atoms with Gasteiger partial charge in [-0.3, -0.25) is 4.79 Å². The average molecular weight is 213 g/mol. The summed E-state index contributed by atoms with van der Waals surface area (Å²) >= 11 is 0. The van der Waals surface area contributed by atoms with E-state index in [9.17, 15) is 4.79 Å². The molecule has 88 valence electrons. The SMILES string of the molecule is CC(C)(C)C(=O)NCC1CCCC1CO. The molecule has 1 aliphatic carbocycles. The van der Waals surface area contributed by atoms with E-state index in [-0.39, 0.29) is 17.9 Å². The van der Waals surface area contributed by atoms with Gasteiger partial charge in [-0.2, -0.15) is 0 Å². The highest BCUT2D eigenvalue weighted by Gasteiger charge is 2.28. The van der Waals surface area contributed by atoms with E-state index in [1.165, 1.54) is 6.42 Å². The minimum absolute atomic E-state index is 0.103. The monoisotopic (exact) mass is 213 g/mol. The van der Waals surface area contributed by atoms with Crippen molar-refractivity contribution < 1.29 is 9.90 Å². The molecule has 0 aromatic carbocycles. The summed E-state index contributed by atoms with van der Waals surface area (Å²) in [5, 5.41) is 12.1. The second kappa shape index (κ2) is 4.97. The zero-order valence-corrected chi connectivity index (χ0v) is 10.0. The molecule has 0 spiro atoms. The molecule has 1 rings (SSSR count).